The Balaban J connectivity index is 1.93. The minimum absolute atomic E-state index is 0.255. The predicted molar refractivity (Wildman–Crippen MR) is 68.2 cm³/mol. The summed E-state index contributed by atoms with van der Waals surface area (Å²) < 4.78 is 1.63. The average molecular weight is 266 g/mol. The van der Waals surface area contributed by atoms with E-state index in [1.54, 1.807) is 35.3 Å². The molecule has 1 heterocycles. The molecule has 0 aliphatic carbocycles. The van der Waals surface area contributed by atoms with Crippen LogP contribution in [0.3, 0.4) is 0 Å². The highest BCUT2D eigenvalue weighted by Gasteiger charge is 2.10. The molecule has 0 saturated carbocycles. The van der Waals surface area contributed by atoms with E-state index in [0.29, 0.717) is 23.7 Å². The summed E-state index contributed by atoms with van der Waals surface area (Å²) in [5.41, 5.74) is 6.39. The zero-order chi connectivity index (χ0) is 13.0. The highest BCUT2D eigenvalue weighted by molar-refractivity contribution is 6.33. The Labute approximate surface area is 109 Å². The maximum Gasteiger partial charge on any atom is 0.253 e. The summed E-state index contributed by atoms with van der Waals surface area (Å²) in [6.07, 6.45) is 3.30. The van der Waals surface area contributed by atoms with Gasteiger partial charge in [0, 0.05) is 12.7 Å². The molecule has 0 radical (unpaired) electrons. The molecule has 2 aromatic rings. The minimum Gasteiger partial charge on any atom is -0.397 e. The number of nitrogen functional groups attached to an aromatic ring is 1. The molecule has 2 rings (SSSR count). The van der Waals surface area contributed by atoms with Gasteiger partial charge >= 0.3 is 0 Å². The van der Waals surface area contributed by atoms with Gasteiger partial charge in [0.2, 0.25) is 0 Å². The summed E-state index contributed by atoms with van der Waals surface area (Å²) >= 11 is 5.85. The number of nitrogens with zero attached hydrogens (tertiary/aromatic N) is 3. The molecule has 3 N–H and O–H groups in total. The number of nitrogens with one attached hydrogen (secondary N) is 1. The lowest BCUT2D eigenvalue weighted by Gasteiger charge is -2.08. The van der Waals surface area contributed by atoms with E-state index in [1.807, 2.05) is 0 Å². The fraction of sp³-hybridized carbons (Fsp3) is 0.182. The Morgan fingerprint density at radius 1 is 1.50 bits per heavy atom. The van der Waals surface area contributed by atoms with E-state index in [0.717, 1.165) is 0 Å². The number of nitrogens with two attached hydrogens (primary N) is 1. The zero-order valence-electron chi connectivity index (χ0n) is 9.51. The van der Waals surface area contributed by atoms with Crippen LogP contribution < -0.4 is 11.1 Å². The number of para-hydroxylation sites is 1. The first-order chi connectivity index (χ1) is 8.68. The Morgan fingerprint density at radius 2 is 2.33 bits per heavy atom. The van der Waals surface area contributed by atoms with Crippen molar-refractivity contribution in [3.63, 3.8) is 0 Å². The molecule has 0 spiro atoms. The second kappa shape index (κ2) is 5.50. The number of carbonyl (C=O) groups is 1. The van der Waals surface area contributed by atoms with Crippen molar-refractivity contribution in [2.24, 2.45) is 0 Å². The van der Waals surface area contributed by atoms with E-state index in [2.05, 4.69) is 15.6 Å². The largest absolute Gasteiger partial charge is 0.397 e. The first-order valence-corrected chi connectivity index (χ1v) is 5.72. The van der Waals surface area contributed by atoms with Crippen molar-refractivity contribution in [1.82, 2.24) is 20.3 Å². The average Bonchev–Trinajstić information content (AvgIpc) is 2.85. The Morgan fingerprint density at radius 3 is 3.06 bits per heavy atom. The van der Waals surface area contributed by atoms with Crippen LogP contribution >= 0.6 is 11.6 Å². The third-order valence-electron chi connectivity index (χ3n) is 2.40. The molecule has 0 fully saturated rings. The molecule has 0 atom stereocenters. The molecule has 0 saturated heterocycles. The van der Waals surface area contributed by atoms with E-state index >= 15 is 0 Å². The molecule has 6 nitrogen and oxygen atoms in total. The van der Waals surface area contributed by atoms with Crippen molar-refractivity contribution in [2.45, 2.75) is 6.54 Å². The lowest BCUT2D eigenvalue weighted by molar-refractivity contribution is 0.0952. The molecule has 7 heteroatoms. The highest BCUT2D eigenvalue weighted by Crippen LogP contribution is 2.21. The van der Waals surface area contributed by atoms with Crippen LogP contribution in [0.15, 0.2) is 30.6 Å². The molecular formula is C11H12ClN5O. The quantitative estimate of drug-likeness (QED) is 0.806. The number of hydrogen-bond acceptors (Lipinski definition) is 4. The van der Waals surface area contributed by atoms with Gasteiger partial charge in [0.25, 0.3) is 5.91 Å². The number of rotatable bonds is 4. The number of carbonyl (C=O) groups excluding carboxylic acids is 1. The highest BCUT2D eigenvalue weighted by atomic mass is 35.5. The van der Waals surface area contributed by atoms with Crippen LogP contribution in [0.4, 0.5) is 5.69 Å². The molecule has 1 aromatic heterocycles. The third-order valence-corrected chi connectivity index (χ3v) is 2.73. The molecule has 94 valence electrons. The molecule has 1 amide bonds. The fourth-order valence-electron chi connectivity index (χ4n) is 1.47. The van der Waals surface area contributed by atoms with Crippen molar-refractivity contribution in [3.8, 4) is 0 Å². The van der Waals surface area contributed by atoms with Crippen LogP contribution in [0.2, 0.25) is 5.02 Å². The molecule has 0 aliphatic heterocycles. The first kappa shape index (κ1) is 12.4. The molecule has 18 heavy (non-hydrogen) atoms. The number of anilines is 1. The molecule has 0 aliphatic rings. The Bertz CT molecular complexity index is 540. The van der Waals surface area contributed by atoms with E-state index in [-0.39, 0.29) is 11.6 Å². The van der Waals surface area contributed by atoms with Crippen LogP contribution in [0.25, 0.3) is 0 Å². The van der Waals surface area contributed by atoms with Crippen LogP contribution in [0, 0.1) is 0 Å². The summed E-state index contributed by atoms with van der Waals surface area (Å²) in [5, 5.41) is 10.6. The van der Waals surface area contributed by atoms with E-state index < -0.39 is 0 Å². The SMILES string of the molecule is Nc1c(Cl)cccc1C(=O)NCCn1ccnn1. The van der Waals surface area contributed by atoms with E-state index in [4.69, 9.17) is 17.3 Å². The van der Waals surface area contributed by atoms with Crippen molar-refractivity contribution in [2.75, 3.05) is 12.3 Å². The zero-order valence-corrected chi connectivity index (χ0v) is 10.3. The van der Waals surface area contributed by atoms with Crippen LogP contribution in [0.1, 0.15) is 10.4 Å². The van der Waals surface area contributed by atoms with Crippen LogP contribution in [-0.2, 0) is 6.54 Å². The molecule has 0 unspecified atom stereocenters. The van der Waals surface area contributed by atoms with Gasteiger partial charge in [0.15, 0.2) is 0 Å². The maximum atomic E-state index is 11.9. The van der Waals surface area contributed by atoms with Crippen LogP contribution in [-0.4, -0.2) is 27.4 Å². The Hall–Kier alpha value is -2.08. The van der Waals surface area contributed by atoms with Crippen molar-refractivity contribution in [1.29, 1.82) is 0 Å². The van der Waals surface area contributed by atoms with E-state index in [1.165, 1.54) is 0 Å². The van der Waals surface area contributed by atoms with Crippen molar-refractivity contribution < 1.29 is 4.79 Å². The second-order valence-electron chi connectivity index (χ2n) is 3.62. The van der Waals surface area contributed by atoms with Gasteiger partial charge in [0.05, 0.1) is 29.0 Å². The lowest BCUT2D eigenvalue weighted by atomic mass is 10.1. The first-order valence-electron chi connectivity index (χ1n) is 5.35. The normalized spacial score (nSPS) is 10.3. The number of amides is 1. The standard InChI is InChI=1S/C11H12ClN5O/c12-9-3-1-2-8(10(9)13)11(18)14-4-6-17-7-5-15-16-17/h1-3,5,7H,4,6,13H2,(H,14,18). The van der Waals surface area contributed by atoms with Gasteiger partial charge in [-0.05, 0) is 12.1 Å². The molecule has 1 aromatic carbocycles. The van der Waals surface area contributed by atoms with Gasteiger partial charge in [-0.2, -0.15) is 0 Å². The van der Waals surface area contributed by atoms with Gasteiger partial charge in [-0.3, -0.25) is 9.48 Å². The monoisotopic (exact) mass is 265 g/mol. The fourth-order valence-corrected chi connectivity index (χ4v) is 1.64. The number of benzene rings is 1. The lowest BCUT2D eigenvalue weighted by Crippen LogP contribution is -2.28. The smallest absolute Gasteiger partial charge is 0.253 e. The van der Waals surface area contributed by atoms with Crippen molar-refractivity contribution >= 4 is 23.2 Å². The summed E-state index contributed by atoms with van der Waals surface area (Å²) in [6, 6.07) is 4.96. The Kier molecular flexibility index (Phi) is 3.78. The number of hydrogen-bond donors (Lipinski definition) is 2. The van der Waals surface area contributed by atoms with Gasteiger partial charge in [-0.15, -0.1) is 5.10 Å². The minimum atomic E-state index is -0.255. The van der Waals surface area contributed by atoms with Gasteiger partial charge in [-0.25, -0.2) is 0 Å². The maximum absolute atomic E-state index is 11.9. The third kappa shape index (κ3) is 2.78. The molecular weight excluding hydrogens is 254 g/mol. The molecule has 0 bridgehead atoms. The van der Waals surface area contributed by atoms with Gasteiger partial charge in [-0.1, -0.05) is 22.9 Å². The van der Waals surface area contributed by atoms with E-state index in [9.17, 15) is 4.79 Å². The summed E-state index contributed by atoms with van der Waals surface area (Å²) in [6.45, 7) is 0.986. The number of aromatic nitrogens is 3. The van der Waals surface area contributed by atoms with Gasteiger partial charge in [0.1, 0.15) is 0 Å². The topological polar surface area (TPSA) is 85.8 Å². The van der Waals surface area contributed by atoms with Gasteiger partial charge < -0.3 is 11.1 Å². The van der Waals surface area contributed by atoms with Crippen LogP contribution in [0.5, 0.6) is 0 Å². The summed E-state index contributed by atoms with van der Waals surface area (Å²) in [5.74, 6) is -0.255. The number of halogens is 1. The summed E-state index contributed by atoms with van der Waals surface area (Å²) in [4.78, 5) is 11.9. The predicted octanol–water partition coefficient (Wildman–Crippen LogP) is 0.944. The van der Waals surface area contributed by atoms with Crippen molar-refractivity contribution in [3.05, 3.63) is 41.2 Å². The summed E-state index contributed by atoms with van der Waals surface area (Å²) in [7, 11) is 0. The second-order valence-corrected chi connectivity index (χ2v) is 4.03.